The lowest BCUT2D eigenvalue weighted by Crippen LogP contribution is -2.41. The number of thioether (sulfide) groups is 1. The second-order valence-corrected chi connectivity index (χ2v) is 7.82. The minimum atomic E-state index is 0.485. The van der Waals surface area contributed by atoms with Gasteiger partial charge in [0.05, 0.1) is 10.4 Å². The van der Waals surface area contributed by atoms with Gasteiger partial charge in [0, 0.05) is 36.1 Å². The van der Waals surface area contributed by atoms with Crippen molar-refractivity contribution in [3.8, 4) is 0 Å². The molecule has 2 aliphatic heterocycles. The molecule has 2 aromatic carbocycles. The van der Waals surface area contributed by atoms with Gasteiger partial charge in [-0.15, -0.1) is 6.58 Å². The van der Waals surface area contributed by atoms with Crippen molar-refractivity contribution >= 4 is 28.4 Å². The van der Waals surface area contributed by atoms with Crippen LogP contribution in [0.2, 0.25) is 0 Å². The van der Waals surface area contributed by atoms with Crippen molar-refractivity contribution in [1.82, 2.24) is 4.57 Å². The number of hydrogen-bond donors (Lipinski definition) is 0. The first-order valence-electron chi connectivity index (χ1n) is 8.50. The van der Waals surface area contributed by atoms with Crippen LogP contribution in [-0.4, -0.2) is 16.5 Å². The third kappa shape index (κ3) is 1.79. The highest BCUT2D eigenvalue weighted by Crippen LogP contribution is 2.55. The number of aromatic nitrogens is 1. The molecule has 3 heterocycles. The van der Waals surface area contributed by atoms with Gasteiger partial charge in [-0.2, -0.15) is 0 Å². The molecule has 0 aliphatic carbocycles. The fourth-order valence-corrected chi connectivity index (χ4v) is 5.91. The van der Waals surface area contributed by atoms with E-state index in [-0.39, 0.29) is 0 Å². The predicted octanol–water partition coefficient (Wildman–Crippen LogP) is 5.14. The Hall–Kier alpha value is -2.13. The molecule has 0 spiro atoms. The topological polar surface area (TPSA) is 8.17 Å². The molecule has 3 heteroatoms. The van der Waals surface area contributed by atoms with E-state index in [2.05, 4.69) is 71.6 Å². The van der Waals surface area contributed by atoms with E-state index in [1.54, 1.807) is 0 Å². The summed E-state index contributed by atoms with van der Waals surface area (Å²) < 4.78 is 2.38. The summed E-state index contributed by atoms with van der Waals surface area (Å²) in [6.45, 7) is 4.88. The van der Waals surface area contributed by atoms with Crippen LogP contribution in [0.5, 0.6) is 0 Å². The normalized spacial score (nSPS) is 21.5. The molecule has 2 bridgehead atoms. The average molecular weight is 332 g/mol. The van der Waals surface area contributed by atoms with E-state index in [0.717, 1.165) is 6.54 Å². The van der Waals surface area contributed by atoms with Gasteiger partial charge < -0.3 is 9.47 Å². The van der Waals surface area contributed by atoms with Gasteiger partial charge in [0.25, 0.3) is 0 Å². The molecule has 24 heavy (non-hydrogen) atoms. The number of nitrogens with zero attached hydrogens (tertiary/aromatic N) is 2. The SMILES string of the molecule is C=CCN1c2ccccc2[C@@H]2C[C@H]1Sc1c2c2ccccc2n1C. The molecule has 2 nitrogen and oxygen atoms in total. The lowest BCUT2D eigenvalue weighted by molar-refractivity contribution is 0.593. The second kappa shape index (κ2) is 5.18. The van der Waals surface area contributed by atoms with Crippen LogP contribution in [-0.2, 0) is 7.05 Å². The van der Waals surface area contributed by atoms with Crippen molar-refractivity contribution in [3.05, 3.63) is 72.3 Å². The maximum Gasteiger partial charge on any atom is 0.0824 e. The van der Waals surface area contributed by atoms with Crippen molar-refractivity contribution in [2.45, 2.75) is 22.7 Å². The van der Waals surface area contributed by atoms with E-state index < -0.39 is 0 Å². The Morgan fingerprint density at radius 2 is 1.96 bits per heavy atom. The zero-order chi connectivity index (χ0) is 16.3. The first-order valence-corrected chi connectivity index (χ1v) is 9.38. The largest absolute Gasteiger partial charge is 0.355 e. The van der Waals surface area contributed by atoms with Crippen molar-refractivity contribution in [3.63, 3.8) is 0 Å². The average Bonchev–Trinajstić information content (AvgIpc) is 2.91. The summed E-state index contributed by atoms with van der Waals surface area (Å²) in [5.41, 5.74) is 5.72. The molecule has 0 radical (unpaired) electrons. The van der Waals surface area contributed by atoms with E-state index in [9.17, 15) is 0 Å². The van der Waals surface area contributed by atoms with Crippen LogP contribution in [0.1, 0.15) is 23.5 Å². The minimum absolute atomic E-state index is 0.485. The Balaban J connectivity index is 1.80. The lowest BCUT2D eigenvalue weighted by atomic mass is 9.83. The second-order valence-electron chi connectivity index (χ2n) is 6.66. The van der Waals surface area contributed by atoms with Gasteiger partial charge in [-0.05, 0) is 29.7 Å². The molecule has 3 aromatic rings. The molecule has 2 atom stereocenters. The van der Waals surface area contributed by atoms with Gasteiger partial charge in [-0.1, -0.05) is 54.2 Å². The lowest BCUT2D eigenvalue weighted by Gasteiger charge is -2.44. The number of rotatable bonds is 2. The summed E-state index contributed by atoms with van der Waals surface area (Å²) in [7, 11) is 2.21. The molecule has 0 amide bonds. The zero-order valence-corrected chi connectivity index (χ0v) is 14.6. The zero-order valence-electron chi connectivity index (χ0n) is 13.8. The Kier molecular flexibility index (Phi) is 3.07. The molecule has 0 fully saturated rings. The Labute approximate surface area is 146 Å². The van der Waals surface area contributed by atoms with Gasteiger partial charge in [0.15, 0.2) is 0 Å². The molecule has 120 valence electrons. The molecular formula is C21H20N2S. The fourth-order valence-electron chi connectivity index (χ4n) is 4.40. The van der Waals surface area contributed by atoms with E-state index in [1.807, 2.05) is 17.8 Å². The van der Waals surface area contributed by atoms with Gasteiger partial charge in [0.1, 0.15) is 0 Å². The third-order valence-electron chi connectivity index (χ3n) is 5.42. The maximum absolute atomic E-state index is 3.97. The Morgan fingerprint density at radius 1 is 1.17 bits per heavy atom. The fraction of sp³-hybridized carbons (Fsp3) is 0.238. The highest BCUT2D eigenvalue weighted by Gasteiger charge is 2.40. The molecule has 0 saturated heterocycles. The summed E-state index contributed by atoms with van der Waals surface area (Å²) in [6, 6.07) is 17.8. The summed E-state index contributed by atoms with van der Waals surface area (Å²) in [4.78, 5) is 2.52. The molecule has 0 saturated carbocycles. The molecule has 1 aromatic heterocycles. The van der Waals surface area contributed by atoms with Crippen LogP contribution in [0.25, 0.3) is 10.9 Å². The predicted molar refractivity (Wildman–Crippen MR) is 103 cm³/mol. The first kappa shape index (κ1) is 14.2. The van der Waals surface area contributed by atoms with Crippen molar-refractivity contribution in [2.75, 3.05) is 11.4 Å². The highest BCUT2D eigenvalue weighted by atomic mass is 32.2. The van der Waals surface area contributed by atoms with Crippen LogP contribution in [0, 0.1) is 0 Å². The maximum atomic E-state index is 3.97. The molecule has 0 unspecified atom stereocenters. The smallest absolute Gasteiger partial charge is 0.0824 e. The van der Waals surface area contributed by atoms with Crippen LogP contribution < -0.4 is 4.90 Å². The van der Waals surface area contributed by atoms with E-state index >= 15 is 0 Å². The number of aryl methyl sites for hydroxylation is 1. The Bertz CT molecular complexity index is 956. The number of hydrogen-bond acceptors (Lipinski definition) is 2. The van der Waals surface area contributed by atoms with Crippen LogP contribution in [0.4, 0.5) is 5.69 Å². The van der Waals surface area contributed by atoms with E-state index in [1.165, 1.54) is 39.2 Å². The van der Waals surface area contributed by atoms with Crippen LogP contribution in [0.15, 0.2) is 66.2 Å². The standard InChI is InChI=1S/C21H20N2S/c1-3-12-23-18-11-7-4-8-14(18)16-13-19(23)24-21-20(16)15-9-5-6-10-17(15)22(21)2/h3-11,16,19H,1,12-13H2,2H3/t16-,19+/m0/s1. The first-order chi connectivity index (χ1) is 11.8. The third-order valence-corrected chi connectivity index (χ3v) is 6.86. The highest BCUT2D eigenvalue weighted by molar-refractivity contribution is 8.00. The molecular weight excluding hydrogens is 312 g/mol. The van der Waals surface area contributed by atoms with Crippen LogP contribution in [0.3, 0.4) is 0 Å². The minimum Gasteiger partial charge on any atom is -0.355 e. The van der Waals surface area contributed by atoms with Gasteiger partial charge >= 0.3 is 0 Å². The monoisotopic (exact) mass is 332 g/mol. The van der Waals surface area contributed by atoms with Crippen molar-refractivity contribution < 1.29 is 0 Å². The number of para-hydroxylation sites is 2. The van der Waals surface area contributed by atoms with Gasteiger partial charge in [0.2, 0.25) is 0 Å². The summed E-state index contributed by atoms with van der Waals surface area (Å²) in [6.07, 6.45) is 3.20. The summed E-state index contributed by atoms with van der Waals surface area (Å²) in [5, 5.41) is 3.33. The molecule has 2 aliphatic rings. The van der Waals surface area contributed by atoms with Gasteiger partial charge in [-0.3, -0.25) is 0 Å². The Morgan fingerprint density at radius 3 is 2.83 bits per heavy atom. The number of anilines is 1. The van der Waals surface area contributed by atoms with Gasteiger partial charge in [-0.25, -0.2) is 0 Å². The molecule has 0 N–H and O–H groups in total. The van der Waals surface area contributed by atoms with Crippen molar-refractivity contribution in [2.24, 2.45) is 7.05 Å². The van der Waals surface area contributed by atoms with Crippen LogP contribution >= 0.6 is 11.8 Å². The number of fused-ring (bicyclic) bond motifs is 8. The van der Waals surface area contributed by atoms with E-state index in [0.29, 0.717) is 11.3 Å². The summed E-state index contributed by atoms with van der Waals surface area (Å²) in [5.74, 6) is 0.495. The quantitative estimate of drug-likeness (QED) is 0.601. The van der Waals surface area contributed by atoms with Crippen molar-refractivity contribution in [1.29, 1.82) is 0 Å². The summed E-state index contributed by atoms with van der Waals surface area (Å²) >= 11 is 2.02. The number of benzene rings is 2. The molecule has 5 rings (SSSR count). The van der Waals surface area contributed by atoms with E-state index in [4.69, 9.17) is 0 Å².